The number of sulfone groups is 1. The molecule has 0 unspecified atom stereocenters. The standard InChI is InChI=1S/C24H41N3O6SSi/c1-10-32-21(29)18-17-11-14-27(20(28)19(17)26(7)25-18)15-24(12-13-24)34(30,31)16-23(5,6)33-35(8,9)22(2,3)4/h10-16H2,1-9H3. The van der Waals surface area contributed by atoms with Gasteiger partial charge in [-0.05, 0) is 58.2 Å². The predicted molar refractivity (Wildman–Crippen MR) is 137 cm³/mol. The van der Waals surface area contributed by atoms with Gasteiger partial charge in [-0.1, -0.05) is 20.8 Å². The van der Waals surface area contributed by atoms with Gasteiger partial charge in [0.15, 0.2) is 23.8 Å². The SMILES string of the molecule is CCOC(=O)c1nn(C)c2c1CCN(CC1(S(=O)(=O)CC(C)(C)O[Si](C)(C)C(C)(C)C)CC1)C2=O. The molecule has 0 spiro atoms. The molecule has 0 atom stereocenters. The first-order valence-electron chi connectivity index (χ1n) is 12.3. The monoisotopic (exact) mass is 527 g/mol. The number of carbonyl (C=O) groups excluding carboxylic acids is 2. The molecule has 3 rings (SSSR count). The van der Waals surface area contributed by atoms with Crippen LogP contribution >= 0.6 is 0 Å². The maximum Gasteiger partial charge on any atom is 0.359 e. The number of fused-ring (bicyclic) bond motifs is 1. The first-order valence-corrected chi connectivity index (χ1v) is 16.9. The molecule has 1 aliphatic heterocycles. The third-order valence-electron chi connectivity index (χ3n) is 7.56. The second-order valence-corrected chi connectivity index (χ2v) is 19.2. The van der Waals surface area contributed by atoms with E-state index in [2.05, 4.69) is 39.0 Å². The molecule has 11 heteroatoms. The van der Waals surface area contributed by atoms with Crippen LogP contribution in [0.3, 0.4) is 0 Å². The molecule has 1 aromatic rings. The smallest absolute Gasteiger partial charge is 0.359 e. The summed E-state index contributed by atoms with van der Waals surface area (Å²) in [4.78, 5) is 27.2. The number of esters is 1. The van der Waals surface area contributed by atoms with Crippen molar-refractivity contribution in [2.45, 2.75) is 89.3 Å². The number of rotatable bonds is 9. The Bertz CT molecular complexity index is 1110. The van der Waals surface area contributed by atoms with Gasteiger partial charge in [0.25, 0.3) is 5.91 Å². The van der Waals surface area contributed by atoms with Crippen LogP contribution in [0.1, 0.15) is 80.9 Å². The molecule has 2 aliphatic rings. The average Bonchev–Trinajstić information content (AvgIpc) is 3.39. The zero-order valence-corrected chi connectivity index (χ0v) is 24.5. The first kappa shape index (κ1) is 27.9. The molecule has 9 nitrogen and oxygen atoms in total. The Balaban J connectivity index is 1.78. The lowest BCUT2D eigenvalue weighted by molar-refractivity contribution is 0.0517. The molecule has 0 aromatic carbocycles. The summed E-state index contributed by atoms with van der Waals surface area (Å²) >= 11 is 0. The van der Waals surface area contributed by atoms with Crippen LogP contribution in [-0.4, -0.2) is 79.1 Å². The zero-order valence-electron chi connectivity index (χ0n) is 22.6. The quantitative estimate of drug-likeness (QED) is 0.358. The van der Waals surface area contributed by atoms with Crippen molar-refractivity contribution < 1.29 is 27.2 Å². The topological polar surface area (TPSA) is 108 Å². The van der Waals surface area contributed by atoms with Crippen molar-refractivity contribution in [3.8, 4) is 0 Å². The lowest BCUT2D eigenvalue weighted by Gasteiger charge is -2.43. The van der Waals surface area contributed by atoms with E-state index in [1.54, 1.807) is 18.9 Å². The maximum absolute atomic E-state index is 13.6. The second-order valence-electron chi connectivity index (χ2n) is 12.1. The fourth-order valence-electron chi connectivity index (χ4n) is 4.62. The van der Waals surface area contributed by atoms with Crippen molar-refractivity contribution >= 4 is 30.0 Å². The third-order valence-corrected chi connectivity index (χ3v) is 15.2. The molecular formula is C24H41N3O6SSi. The number of aryl methyl sites for hydroxylation is 1. The van der Waals surface area contributed by atoms with Crippen LogP contribution in [0.5, 0.6) is 0 Å². The summed E-state index contributed by atoms with van der Waals surface area (Å²) in [6.07, 6.45) is 1.49. The van der Waals surface area contributed by atoms with Gasteiger partial charge in [0.2, 0.25) is 0 Å². The number of nitrogens with zero attached hydrogens (tertiary/aromatic N) is 3. The third kappa shape index (κ3) is 5.36. The highest BCUT2D eigenvalue weighted by Gasteiger charge is 2.58. The van der Waals surface area contributed by atoms with E-state index < -0.39 is 34.5 Å². The largest absolute Gasteiger partial charge is 0.461 e. The summed E-state index contributed by atoms with van der Waals surface area (Å²) in [5.74, 6) is -0.927. The highest BCUT2D eigenvalue weighted by Crippen LogP contribution is 2.47. The van der Waals surface area contributed by atoms with Gasteiger partial charge in [0.1, 0.15) is 5.69 Å². The summed E-state index contributed by atoms with van der Waals surface area (Å²) in [6.45, 7) is 16.8. The Morgan fingerprint density at radius 3 is 2.29 bits per heavy atom. The molecular weight excluding hydrogens is 486 g/mol. The maximum atomic E-state index is 13.6. The Labute approximate surface area is 210 Å². The Morgan fingerprint density at radius 2 is 1.77 bits per heavy atom. The highest BCUT2D eigenvalue weighted by atomic mass is 32.2. The second kappa shape index (κ2) is 8.99. The van der Waals surface area contributed by atoms with Gasteiger partial charge in [0, 0.05) is 25.7 Å². The normalized spacial score (nSPS) is 18.4. The molecule has 1 amide bonds. The van der Waals surface area contributed by atoms with E-state index >= 15 is 0 Å². The van der Waals surface area contributed by atoms with E-state index in [0.29, 0.717) is 37.1 Å². The number of aromatic nitrogens is 2. The molecule has 1 aliphatic carbocycles. The Hall–Kier alpha value is -1.72. The van der Waals surface area contributed by atoms with Gasteiger partial charge < -0.3 is 14.1 Å². The molecule has 1 fully saturated rings. The molecule has 0 N–H and O–H groups in total. The van der Waals surface area contributed by atoms with Crippen molar-refractivity contribution in [2.24, 2.45) is 7.05 Å². The van der Waals surface area contributed by atoms with Crippen LogP contribution < -0.4 is 0 Å². The van der Waals surface area contributed by atoms with E-state index in [-0.39, 0.29) is 35.5 Å². The molecule has 0 radical (unpaired) electrons. The molecule has 1 saturated carbocycles. The minimum absolute atomic E-state index is 0.0330. The van der Waals surface area contributed by atoms with Gasteiger partial charge >= 0.3 is 5.97 Å². The minimum atomic E-state index is -3.54. The van der Waals surface area contributed by atoms with E-state index in [4.69, 9.17) is 9.16 Å². The van der Waals surface area contributed by atoms with Crippen molar-refractivity contribution in [3.63, 3.8) is 0 Å². The number of hydrogen-bond acceptors (Lipinski definition) is 7. The van der Waals surface area contributed by atoms with Gasteiger partial charge in [0.05, 0.1) is 22.7 Å². The van der Waals surface area contributed by atoms with Crippen molar-refractivity contribution in [1.29, 1.82) is 0 Å². The van der Waals surface area contributed by atoms with Crippen LogP contribution in [0.2, 0.25) is 18.1 Å². The van der Waals surface area contributed by atoms with E-state index in [1.165, 1.54) is 4.68 Å². The first-order chi connectivity index (χ1) is 15.9. The number of hydrogen-bond donors (Lipinski definition) is 0. The van der Waals surface area contributed by atoms with Crippen LogP contribution in [0.15, 0.2) is 0 Å². The van der Waals surface area contributed by atoms with Crippen LogP contribution in [0.25, 0.3) is 0 Å². The molecule has 198 valence electrons. The predicted octanol–water partition coefficient (Wildman–Crippen LogP) is 3.34. The fourth-order valence-corrected chi connectivity index (χ4v) is 8.84. The van der Waals surface area contributed by atoms with E-state index in [1.807, 2.05) is 13.8 Å². The number of carbonyl (C=O) groups is 2. The molecule has 2 heterocycles. The summed E-state index contributed by atoms with van der Waals surface area (Å²) in [5, 5.41) is 4.19. The average molecular weight is 528 g/mol. The molecule has 0 saturated heterocycles. The van der Waals surface area contributed by atoms with Gasteiger partial charge in [-0.3, -0.25) is 9.48 Å². The summed E-state index contributed by atoms with van der Waals surface area (Å²) in [7, 11) is -4.09. The van der Waals surface area contributed by atoms with Crippen molar-refractivity contribution in [2.75, 3.05) is 25.4 Å². The van der Waals surface area contributed by atoms with Crippen molar-refractivity contribution in [1.82, 2.24) is 14.7 Å². The summed E-state index contributed by atoms with van der Waals surface area (Å²) in [5.41, 5.74) is 0.237. The summed E-state index contributed by atoms with van der Waals surface area (Å²) in [6, 6.07) is 0. The number of ether oxygens (including phenoxy) is 1. The lowest BCUT2D eigenvalue weighted by atomic mass is 10.0. The Kier molecular flexibility index (Phi) is 7.15. The molecule has 0 bridgehead atoms. The van der Waals surface area contributed by atoms with E-state index in [0.717, 1.165) is 0 Å². The van der Waals surface area contributed by atoms with Gasteiger partial charge in [-0.2, -0.15) is 5.10 Å². The fraction of sp³-hybridized carbons (Fsp3) is 0.792. The van der Waals surface area contributed by atoms with Crippen LogP contribution in [0.4, 0.5) is 0 Å². The Morgan fingerprint density at radius 1 is 1.17 bits per heavy atom. The number of amides is 1. The minimum Gasteiger partial charge on any atom is -0.461 e. The summed E-state index contributed by atoms with van der Waals surface area (Å²) < 4.78 is 39.3. The highest BCUT2D eigenvalue weighted by molar-refractivity contribution is 7.93. The lowest BCUT2D eigenvalue weighted by Crippen LogP contribution is -2.52. The molecule has 1 aromatic heterocycles. The molecule has 35 heavy (non-hydrogen) atoms. The van der Waals surface area contributed by atoms with E-state index in [9.17, 15) is 18.0 Å². The van der Waals surface area contributed by atoms with Crippen LogP contribution in [0, 0.1) is 0 Å². The van der Waals surface area contributed by atoms with Crippen molar-refractivity contribution in [3.05, 3.63) is 17.0 Å². The van der Waals surface area contributed by atoms with Gasteiger partial charge in [-0.15, -0.1) is 0 Å². The van der Waals surface area contributed by atoms with Gasteiger partial charge in [-0.25, -0.2) is 13.2 Å². The van der Waals surface area contributed by atoms with Crippen LogP contribution in [-0.2, 0) is 32.5 Å². The zero-order chi connectivity index (χ0) is 26.6.